The first-order chi connectivity index (χ1) is 9.04. The summed E-state index contributed by atoms with van der Waals surface area (Å²) in [5, 5.41) is 0. The molecule has 114 valence electrons. The third-order valence-electron chi connectivity index (χ3n) is 5.14. The lowest BCUT2D eigenvalue weighted by Crippen LogP contribution is -2.52. The van der Waals surface area contributed by atoms with Gasteiger partial charge in [-0.3, -0.25) is 4.90 Å². The standard InChI is InChI=1S/C16H35N3/c1-5-15-8-6-10-16(14-17,11-9-15)19(4)13-7-12-18(2)3/h15H,5-14,17H2,1-4H3. The smallest absolute Gasteiger partial charge is 0.0328 e. The molecule has 0 aromatic heterocycles. The molecule has 2 N–H and O–H groups in total. The molecule has 0 bridgehead atoms. The van der Waals surface area contributed by atoms with E-state index in [1.807, 2.05) is 0 Å². The summed E-state index contributed by atoms with van der Waals surface area (Å²) in [5.41, 5.74) is 6.45. The summed E-state index contributed by atoms with van der Waals surface area (Å²) in [5.74, 6) is 0.934. The molecule has 1 fully saturated rings. The summed E-state index contributed by atoms with van der Waals surface area (Å²) < 4.78 is 0. The number of rotatable bonds is 7. The number of nitrogens with zero attached hydrogens (tertiary/aromatic N) is 2. The van der Waals surface area contributed by atoms with Crippen LogP contribution in [0.15, 0.2) is 0 Å². The van der Waals surface area contributed by atoms with Gasteiger partial charge in [-0.15, -0.1) is 0 Å². The van der Waals surface area contributed by atoms with Gasteiger partial charge >= 0.3 is 0 Å². The normalized spacial score (nSPS) is 28.9. The van der Waals surface area contributed by atoms with Crippen LogP contribution in [0.4, 0.5) is 0 Å². The molecule has 2 unspecified atom stereocenters. The Kier molecular flexibility index (Phi) is 7.33. The Morgan fingerprint density at radius 1 is 1.11 bits per heavy atom. The van der Waals surface area contributed by atoms with Crippen molar-refractivity contribution in [2.75, 3.05) is 40.8 Å². The topological polar surface area (TPSA) is 32.5 Å². The third kappa shape index (κ3) is 5.05. The van der Waals surface area contributed by atoms with Crippen LogP contribution in [-0.4, -0.2) is 56.1 Å². The van der Waals surface area contributed by atoms with E-state index in [4.69, 9.17) is 5.73 Å². The molecule has 0 amide bonds. The van der Waals surface area contributed by atoms with Crippen molar-refractivity contribution in [1.29, 1.82) is 0 Å². The van der Waals surface area contributed by atoms with Crippen LogP contribution in [0, 0.1) is 5.92 Å². The summed E-state index contributed by atoms with van der Waals surface area (Å²) >= 11 is 0. The molecule has 2 atom stereocenters. The largest absolute Gasteiger partial charge is 0.329 e. The number of likely N-dealkylation sites (N-methyl/N-ethyl adjacent to an activating group) is 1. The average molecular weight is 269 g/mol. The first-order valence-corrected chi connectivity index (χ1v) is 8.10. The lowest BCUT2D eigenvalue weighted by Gasteiger charge is -2.41. The van der Waals surface area contributed by atoms with Gasteiger partial charge < -0.3 is 10.6 Å². The Bertz CT molecular complexity index is 242. The molecule has 3 heteroatoms. The molecule has 1 aliphatic carbocycles. The van der Waals surface area contributed by atoms with Gasteiger partial charge in [-0.05, 0) is 65.8 Å². The van der Waals surface area contributed by atoms with Crippen molar-refractivity contribution in [3.63, 3.8) is 0 Å². The lowest BCUT2D eigenvalue weighted by atomic mass is 9.87. The Balaban J connectivity index is 2.53. The molecule has 0 aromatic carbocycles. The Morgan fingerprint density at radius 2 is 1.84 bits per heavy atom. The zero-order valence-corrected chi connectivity index (χ0v) is 13.6. The second-order valence-corrected chi connectivity index (χ2v) is 6.71. The van der Waals surface area contributed by atoms with E-state index in [1.54, 1.807) is 0 Å². The minimum Gasteiger partial charge on any atom is -0.329 e. The highest BCUT2D eigenvalue weighted by molar-refractivity contribution is 4.93. The molecule has 0 radical (unpaired) electrons. The number of hydrogen-bond donors (Lipinski definition) is 1. The van der Waals surface area contributed by atoms with Gasteiger partial charge in [-0.25, -0.2) is 0 Å². The van der Waals surface area contributed by atoms with E-state index in [-0.39, 0.29) is 5.54 Å². The number of hydrogen-bond acceptors (Lipinski definition) is 3. The molecule has 0 aromatic rings. The highest BCUT2D eigenvalue weighted by Crippen LogP contribution is 2.34. The molecular weight excluding hydrogens is 234 g/mol. The van der Waals surface area contributed by atoms with E-state index in [0.717, 1.165) is 12.5 Å². The van der Waals surface area contributed by atoms with Gasteiger partial charge in [0.1, 0.15) is 0 Å². The third-order valence-corrected chi connectivity index (χ3v) is 5.14. The van der Waals surface area contributed by atoms with Crippen LogP contribution in [0.1, 0.15) is 51.9 Å². The van der Waals surface area contributed by atoms with Gasteiger partial charge in [-0.1, -0.05) is 26.2 Å². The van der Waals surface area contributed by atoms with Gasteiger partial charge in [0.05, 0.1) is 0 Å². The monoisotopic (exact) mass is 269 g/mol. The second kappa shape index (κ2) is 8.23. The summed E-state index contributed by atoms with van der Waals surface area (Å²) in [6.45, 7) is 5.50. The Morgan fingerprint density at radius 3 is 2.42 bits per heavy atom. The fourth-order valence-electron chi connectivity index (χ4n) is 3.47. The van der Waals surface area contributed by atoms with E-state index in [9.17, 15) is 0 Å². The van der Waals surface area contributed by atoms with Gasteiger partial charge in [-0.2, -0.15) is 0 Å². The van der Waals surface area contributed by atoms with Crippen LogP contribution in [0.3, 0.4) is 0 Å². The molecule has 1 saturated carbocycles. The van der Waals surface area contributed by atoms with Crippen LogP contribution in [0.5, 0.6) is 0 Å². The maximum Gasteiger partial charge on any atom is 0.0328 e. The van der Waals surface area contributed by atoms with Gasteiger partial charge in [0, 0.05) is 12.1 Å². The summed E-state index contributed by atoms with van der Waals surface area (Å²) in [6.07, 6.45) is 9.29. The highest BCUT2D eigenvalue weighted by Gasteiger charge is 2.34. The van der Waals surface area contributed by atoms with Gasteiger partial charge in [0.15, 0.2) is 0 Å². The van der Waals surface area contributed by atoms with Crippen molar-refractivity contribution in [3.8, 4) is 0 Å². The molecule has 3 nitrogen and oxygen atoms in total. The molecule has 1 aliphatic rings. The molecule has 0 saturated heterocycles. The highest BCUT2D eigenvalue weighted by atomic mass is 15.2. The van der Waals surface area contributed by atoms with E-state index in [2.05, 4.69) is 37.9 Å². The quantitative estimate of drug-likeness (QED) is 0.721. The van der Waals surface area contributed by atoms with E-state index >= 15 is 0 Å². The first-order valence-electron chi connectivity index (χ1n) is 8.10. The van der Waals surface area contributed by atoms with Crippen molar-refractivity contribution < 1.29 is 0 Å². The maximum absolute atomic E-state index is 6.17. The Labute approximate surface area is 120 Å². The van der Waals surface area contributed by atoms with Crippen LogP contribution in [0.2, 0.25) is 0 Å². The number of nitrogens with two attached hydrogens (primary N) is 1. The van der Waals surface area contributed by atoms with Gasteiger partial charge in [0.25, 0.3) is 0 Å². The summed E-state index contributed by atoms with van der Waals surface area (Å²) in [4.78, 5) is 4.83. The van der Waals surface area contributed by atoms with Crippen molar-refractivity contribution in [3.05, 3.63) is 0 Å². The molecule has 0 spiro atoms. The van der Waals surface area contributed by atoms with Crippen LogP contribution < -0.4 is 5.73 Å². The molecule has 1 rings (SSSR count). The van der Waals surface area contributed by atoms with E-state index in [1.165, 1.54) is 58.0 Å². The fourth-order valence-corrected chi connectivity index (χ4v) is 3.47. The minimum atomic E-state index is 0.274. The average Bonchev–Trinajstić information content (AvgIpc) is 2.61. The zero-order chi connectivity index (χ0) is 14.3. The predicted octanol–water partition coefficient (Wildman–Crippen LogP) is 2.56. The van der Waals surface area contributed by atoms with Crippen molar-refractivity contribution in [2.45, 2.75) is 57.4 Å². The second-order valence-electron chi connectivity index (χ2n) is 6.71. The van der Waals surface area contributed by atoms with E-state index < -0.39 is 0 Å². The summed E-state index contributed by atoms with van der Waals surface area (Å²) in [7, 11) is 6.58. The van der Waals surface area contributed by atoms with E-state index in [0.29, 0.717) is 0 Å². The first kappa shape index (κ1) is 16.9. The SMILES string of the molecule is CCC1CCCC(CN)(N(C)CCCN(C)C)CC1. The Hall–Kier alpha value is -0.120. The fraction of sp³-hybridized carbons (Fsp3) is 1.00. The summed E-state index contributed by atoms with van der Waals surface area (Å²) in [6, 6.07) is 0. The van der Waals surface area contributed by atoms with Crippen molar-refractivity contribution in [1.82, 2.24) is 9.80 Å². The minimum absolute atomic E-state index is 0.274. The molecule has 19 heavy (non-hydrogen) atoms. The molecule has 0 heterocycles. The lowest BCUT2D eigenvalue weighted by molar-refractivity contribution is 0.102. The van der Waals surface area contributed by atoms with Crippen molar-refractivity contribution in [2.24, 2.45) is 11.7 Å². The van der Waals surface area contributed by atoms with Gasteiger partial charge in [0.2, 0.25) is 0 Å². The van der Waals surface area contributed by atoms with Crippen LogP contribution in [0.25, 0.3) is 0 Å². The van der Waals surface area contributed by atoms with Crippen LogP contribution in [-0.2, 0) is 0 Å². The zero-order valence-electron chi connectivity index (χ0n) is 13.6. The molecular formula is C16H35N3. The van der Waals surface area contributed by atoms with Crippen molar-refractivity contribution >= 4 is 0 Å². The molecule has 0 aliphatic heterocycles. The predicted molar refractivity (Wildman–Crippen MR) is 84.5 cm³/mol. The van der Waals surface area contributed by atoms with Crippen LogP contribution >= 0.6 is 0 Å². The maximum atomic E-state index is 6.17.